The van der Waals surface area contributed by atoms with Crippen LogP contribution in [0.2, 0.25) is 0 Å². The zero-order valence-electron chi connectivity index (χ0n) is 12.2. The average molecular weight is 380 g/mol. The highest BCUT2D eigenvalue weighted by Crippen LogP contribution is 2.25. The molecule has 0 unspecified atom stereocenters. The topological polar surface area (TPSA) is 37.4 Å². The van der Waals surface area contributed by atoms with Crippen LogP contribution in [0.15, 0.2) is 53.4 Å². The number of hydrogen-bond acceptors (Lipinski definition) is 2. The van der Waals surface area contributed by atoms with Crippen LogP contribution in [0, 0.1) is 0 Å². The number of sulfonamides is 1. The van der Waals surface area contributed by atoms with Crippen LogP contribution in [-0.2, 0) is 29.4 Å². The Balaban J connectivity index is 1.84. The minimum Gasteiger partial charge on any atom is -0.207 e. The highest BCUT2D eigenvalue weighted by molar-refractivity contribution is 9.09. The van der Waals surface area contributed by atoms with Crippen LogP contribution in [-0.4, -0.2) is 24.6 Å². The number of nitrogens with zero attached hydrogens (tertiary/aromatic N) is 1. The summed E-state index contributed by atoms with van der Waals surface area (Å²) in [5, 5.41) is 0.877. The molecule has 0 aliphatic carbocycles. The van der Waals surface area contributed by atoms with Gasteiger partial charge >= 0.3 is 0 Å². The Morgan fingerprint density at radius 1 is 1.00 bits per heavy atom. The Morgan fingerprint density at radius 2 is 1.68 bits per heavy atom. The van der Waals surface area contributed by atoms with E-state index >= 15 is 0 Å². The van der Waals surface area contributed by atoms with Crippen molar-refractivity contribution in [2.75, 3.05) is 11.9 Å². The van der Waals surface area contributed by atoms with Crippen molar-refractivity contribution in [3.05, 3.63) is 65.2 Å². The molecule has 0 N–H and O–H groups in total. The van der Waals surface area contributed by atoms with E-state index in [9.17, 15) is 8.42 Å². The van der Waals surface area contributed by atoms with E-state index in [-0.39, 0.29) is 0 Å². The first-order chi connectivity index (χ1) is 10.6. The van der Waals surface area contributed by atoms with E-state index in [1.807, 2.05) is 30.3 Å². The lowest BCUT2D eigenvalue weighted by atomic mass is 10.0. The standard InChI is InChI=1S/C17H18BrNO2S/c18-11-9-14-5-7-17(8-6-14)22(20,21)19-12-10-15-3-1-2-4-16(15)13-19/h1-8H,9-13H2. The molecule has 0 fully saturated rings. The van der Waals surface area contributed by atoms with Crippen molar-refractivity contribution in [3.63, 3.8) is 0 Å². The molecule has 22 heavy (non-hydrogen) atoms. The first kappa shape index (κ1) is 15.7. The van der Waals surface area contributed by atoms with Crippen LogP contribution in [0.1, 0.15) is 16.7 Å². The summed E-state index contributed by atoms with van der Waals surface area (Å²) in [4.78, 5) is 0.380. The molecule has 0 spiro atoms. The van der Waals surface area contributed by atoms with Crippen molar-refractivity contribution in [1.82, 2.24) is 4.31 Å². The van der Waals surface area contributed by atoms with Crippen molar-refractivity contribution in [1.29, 1.82) is 0 Å². The zero-order valence-corrected chi connectivity index (χ0v) is 14.6. The molecule has 1 aliphatic rings. The highest BCUT2D eigenvalue weighted by atomic mass is 79.9. The molecule has 0 saturated carbocycles. The minimum atomic E-state index is -3.41. The summed E-state index contributed by atoms with van der Waals surface area (Å²) in [7, 11) is -3.41. The maximum atomic E-state index is 12.8. The van der Waals surface area contributed by atoms with Crippen molar-refractivity contribution in [2.24, 2.45) is 0 Å². The summed E-state index contributed by atoms with van der Waals surface area (Å²) in [5.41, 5.74) is 3.50. The van der Waals surface area contributed by atoms with Crippen molar-refractivity contribution in [3.8, 4) is 0 Å². The molecule has 1 aliphatic heterocycles. The summed E-state index contributed by atoms with van der Waals surface area (Å²) in [6.07, 6.45) is 1.68. The molecule has 0 bridgehead atoms. The van der Waals surface area contributed by atoms with Gasteiger partial charge < -0.3 is 0 Å². The van der Waals surface area contributed by atoms with Gasteiger partial charge in [-0.1, -0.05) is 52.3 Å². The fourth-order valence-corrected chi connectivity index (χ4v) is 4.64. The average Bonchev–Trinajstić information content (AvgIpc) is 2.55. The van der Waals surface area contributed by atoms with Gasteiger partial charge in [0.25, 0.3) is 0 Å². The molecule has 116 valence electrons. The molecule has 0 radical (unpaired) electrons. The number of benzene rings is 2. The second-order valence-corrected chi connectivity index (χ2v) is 8.17. The van der Waals surface area contributed by atoms with E-state index in [0.717, 1.165) is 29.3 Å². The van der Waals surface area contributed by atoms with Crippen LogP contribution in [0.4, 0.5) is 0 Å². The van der Waals surface area contributed by atoms with E-state index in [1.165, 1.54) is 5.56 Å². The first-order valence-corrected chi connectivity index (χ1v) is 9.89. The van der Waals surface area contributed by atoms with Gasteiger partial charge in [-0.25, -0.2) is 8.42 Å². The van der Waals surface area contributed by atoms with Crippen LogP contribution in [0.5, 0.6) is 0 Å². The van der Waals surface area contributed by atoms with E-state index in [4.69, 9.17) is 0 Å². The second kappa shape index (κ2) is 6.52. The number of fused-ring (bicyclic) bond motifs is 1. The molecular weight excluding hydrogens is 362 g/mol. The van der Waals surface area contributed by atoms with E-state index in [0.29, 0.717) is 18.0 Å². The van der Waals surface area contributed by atoms with E-state index < -0.39 is 10.0 Å². The summed E-state index contributed by atoms with van der Waals surface area (Å²) in [6.45, 7) is 1.00. The van der Waals surface area contributed by atoms with E-state index in [2.05, 4.69) is 22.0 Å². The number of hydrogen-bond donors (Lipinski definition) is 0. The molecular formula is C17H18BrNO2S. The largest absolute Gasteiger partial charge is 0.243 e. The summed E-state index contributed by atoms with van der Waals surface area (Å²) in [5.74, 6) is 0. The van der Waals surface area contributed by atoms with Crippen molar-refractivity contribution < 1.29 is 8.42 Å². The van der Waals surface area contributed by atoms with Gasteiger partial charge in [0.05, 0.1) is 4.90 Å². The molecule has 3 nitrogen and oxygen atoms in total. The molecule has 3 rings (SSSR count). The molecule has 0 atom stereocenters. The first-order valence-electron chi connectivity index (χ1n) is 7.33. The van der Waals surface area contributed by atoms with Crippen LogP contribution in [0.3, 0.4) is 0 Å². The Labute approximate surface area is 140 Å². The molecule has 0 amide bonds. The van der Waals surface area contributed by atoms with Crippen LogP contribution >= 0.6 is 15.9 Å². The lowest BCUT2D eigenvalue weighted by Gasteiger charge is -2.28. The summed E-state index contributed by atoms with van der Waals surface area (Å²) >= 11 is 3.40. The predicted octanol–water partition coefficient (Wildman–Crippen LogP) is 3.37. The molecule has 0 saturated heterocycles. The number of alkyl halides is 1. The SMILES string of the molecule is O=S(=O)(c1ccc(CCBr)cc1)N1CCc2ccccc2C1. The Hall–Kier alpha value is -1.17. The maximum Gasteiger partial charge on any atom is 0.243 e. The Bertz CT molecular complexity index is 756. The molecule has 2 aromatic rings. The smallest absolute Gasteiger partial charge is 0.207 e. The number of aryl methyl sites for hydroxylation is 1. The summed E-state index contributed by atoms with van der Waals surface area (Å²) in [6, 6.07) is 15.3. The third kappa shape index (κ3) is 3.12. The van der Waals surface area contributed by atoms with Crippen LogP contribution in [0.25, 0.3) is 0 Å². The van der Waals surface area contributed by atoms with Gasteiger partial charge in [0, 0.05) is 18.4 Å². The fraction of sp³-hybridized carbons (Fsp3) is 0.294. The maximum absolute atomic E-state index is 12.8. The second-order valence-electron chi connectivity index (χ2n) is 5.44. The van der Waals surface area contributed by atoms with Crippen molar-refractivity contribution >= 4 is 26.0 Å². The van der Waals surface area contributed by atoms with Gasteiger partial charge in [-0.3, -0.25) is 0 Å². The normalized spacial score (nSPS) is 15.5. The minimum absolute atomic E-state index is 0.380. The van der Waals surface area contributed by atoms with Gasteiger partial charge in [0.1, 0.15) is 0 Å². The third-order valence-electron chi connectivity index (χ3n) is 4.04. The van der Waals surface area contributed by atoms with Gasteiger partial charge in [-0.15, -0.1) is 0 Å². The van der Waals surface area contributed by atoms with Gasteiger partial charge in [0.2, 0.25) is 10.0 Å². The lowest BCUT2D eigenvalue weighted by Crippen LogP contribution is -2.35. The molecule has 0 aromatic heterocycles. The van der Waals surface area contributed by atoms with Crippen LogP contribution < -0.4 is 0 Å². The molecule has 5 heteroatoms. The van der Waals surface area contributed by atoms with E-state index in [1.54, 1.807) is 16.4 Å². The van der Waals surface area contributed by atoms with Gasteiger partial charge in [0.15, 0.2) is 0 Å². The summed E-state index contributed by atoms with van der Waals surface area (Å²) < 4.78 is 27.1. The number of rotatable bonds is 4. The van der Waals surface area contributed by atoms with Gasteiger partial charge in [-0.05, 0) is 41.7 Å². The quantitative estimate of drug-likeness (QED) is 0.763. The fourth-order valence-electron chi connectivity index (χ4n) is 2.76. The van der Waals surface area contributed by atoms with Crippen molar-refractivity contribution in [2.45, 2.75) is 24.3 Å². The lowest BCUT2D eigenvalue weighted by molar-refractivity contribution is 0.391. The monoisotopic (exact) mass is 379 g/mol. The molecule has 2 aromatic carbocycles. The predicted molar refractivity (Wildman–Crippen MR) is 91.7 cm³/mol. The zero-order chi connectivity index (χ0) is 15.6. The highest BCUT2D eigenvalue weighted by Gasteiger charge is 2.27. The molecule has 1 heterocycles. The third-order valence-corrected chi connectivity index (χ3v) is 6.30. The van der Waals surface area contributed by atoms with Gasteiger partial charge in [-0.2, -0.15) is 4.31 Å². The Morgan fingerprint density at radius 3 is 2.36 bits per heavy atom. The number of halogens is 1. The Kier molecular flexibility index (Phi) is 4.66.